The molecule has 0 fully saturated rings. The van der Waals surface area contributed by atoms with Crippen molar-refractivity contribution in [2.45, 2.75) is 61.7 Å². The molecule has 0 aliphatic carbocycles. The molecule has 27 heavy (non-hydrogen) atoms. The van der Waals surface area contributed by atoms with Gasteiger partial charge in [0.2, 0.25) is 0 Å². The smallest absolute Gasteiger partial charge is 0.334 e. The number of alkyl halides is 15. The van der Waals surface area contributed by atoms with E-state index in [1.807, 2.05) is 0 Å². The molecule has 0 amide bonds. The highest BCUT2D eigenvalue weighted by Crippen LogP contribution is 2.63. The summed E-state index contributed by atoms with van der Waals surface area (Å²) in [6, 6.07) is 0. The summed E-state index contributed by atoms with van der Waals surface area (Å²) in [4.78, 5) is 0. The van der Waals surface area contributed by atoms with Gasteiger partial charge in [0.05, 0.1) is 6.61 Å². The predicted octanol–water partition coefficient (Wildman–Crippen LogP) is 6.13. The van der Waals surface area contributed by atoms with Gasteiger partial charge in [0.15, 0.2) is 0 Å². The summed E-state index contributed by atoms with van der Waals surface area (Å²) >= 11 is 0. The molecule has 1 unspecified atom stereocenters. The van der Waals surface area contributed by atoms with Gasteiger partial charge in [0.1, 0.15) is 0 Å². The fourth-order valence-electron chi connectivity index (χ4n) is 1.64. The molecule has 0 spiro atoms. The lowest BCUT2D eigenvalue weighted by atomic mass is 9.87. The van der Waals surface area contributed by atoms with E-state index < -0.39 is 54.9 Å². The second kappa shape index (κ2) is 7.06. The molecule has 0 saturated heterocycles. The van der Waals surface area contributed by atoms with Gasteiger partial charge in [-0.3, -0.25) is 0 Å². The third-order valence-electron chi connectivity index (χ3n) is 3.18. The molecule has 0 radical (unpaired) electrons. The summed E-state index contributed by atoms with van der Waals surface area (Å²) in [5.41, 5.74) is -8.23. The van der Waals surface area contributed by atoms with Crippen molar-refractivity contribution in [3.05, 3.63) is 0 Å². The largest absolute Gasteiger partial charge is 0.455 e. The monoisotopic (exact) mass is 442 g/mol. The van der Waals surface area contributed by atoms with Gasteiger partial charge in [-0.25, -0.2) is 4.39 Å². The van der Waals surface area contributed by atoms with E-state index >= 15 is 0 Å². The molecule has 0 aliphatic heterocycles. The molecule has 0 aromatic rings. The lowest BCUT2D eigenvalue weighted by molar-refractivity contribution is -0.482. The van der Waals surface area contributed by atoms with Crippen molar-refractivity contribution in [3.63, 3.8) is 0 Å². The maximum absolute atomic E-state index is 13.7. The van der Waals surface area contributed by atoms with E-state index in [1.54, 1.807) is 0 Å². The quantitative estimate of drug-likeness (QED) is 0.340. The topological polar surface area (TPSA) is 9.23 Å². The van der Waals surface area contributed by atoms with Gasteiger partial charge in [-0.2, -0.15) is 61.5 Å². The third-order valence-corrected chi connectivity index (χ3v) is 3.18. The van der Waals surface area contributed by atoms with Crippen molar-refractivity contribution in [1.29, 1.82) is 0 Å². The summed E-state index contributed by atoms with van der Waals surface area (Å²) in [5.74, 6) is -23.4. The molecule has 0 aromatic heterocycles. The van der Waals surface area contributed by atoms with Crippen LogP contribution in [0.1, 0.15) is 19.8 Å². The van der Waals surface area contributed by atoms with Gasteiger partial charge in [-0.15, -0.1) is 0 Å². The molecule has 16 heteroatoms. The van der Waals surface area contributed by atoms with E-state index in [0.717, 1.165) is 6.92 Å². The van der Waals surface area contributed by atoms with Crippen LogP contribution in [0.4, 0.5) is 65.9 Å². The number of ether oxygens (including phenoxy) is 1. The summed E-state index contributed by atoms with van der Waals surface area (Å²) in [6.07, 6.45) is -24.0. The predicted molar refractivity (Wildman–Crippen MR) is 56.6 cm³/mol. The minimum Gasteiger partial charge on any atom is -0.334 e. The van der Waals surface area contributed by atoms with Crippen LogP contribution in [0.15, 0.2) is 0 Å². The van der Waals surface area contributed by atoms with Crippen LogP contribution >= 0.6 is 0 Å². The summed E-state index contributed by atoms with van der Waals surface area (Å²) < 4.78 is 195. The molecule has 0 saturated carbocycles. The van der Waals surface area contributed by atoms with Gasteiger partial charge >= 0.3 is 41.9 Å². The van der Waals surface area contributed by atoms with Crippen LogP contribution in [-0.4, -0.2) is 48.5 Å². The normalized spacial score (nSPS) is 17.8. The number of unbranched alkanes of at least 4 members (excludes halogenated alkanes) is 1. The van der Waals surface area contributed by atoms with Gasteiger partial charge in [0, 0.05) is 0 Å². The number of hydrogen-bond acceptors (Lipinski definition) is 1. The Balaban J connectivity index is 6.70. The lowest BCUT2D eigenvalue weighted by Gasteiger charge is -2.44. The van der Waals surface area contributed by atoms with Crippen molar-refractivity contribution >= 4 is 0 Å². The Morgan fingerprint density at radius 3 is 1.19 bits per heavy atom. The van der Waals surface area contributed by atoms with Crippen molar-refractivity contribution < 1.29 is 70.6 Å². The van der Waals surface area contributed by atoms with Gasteiger partial charge in [0.25, 0.3) is 0 Å². The SMILES string of the molecule is CCCCOC(F)(C(F)(F)F)C(F)(F)C(F)(F)C(F)(C(F)(F)F)C(F)(F)F. The molecule has 0 N–H and O–H groups in total. The highest BCUT2D eigenvalue weighted by atomic mass is 19.4. The molecular formula is C11H9F15O. The molecule has 0 bridgehead atoms. The highest BCUT2D eigenvalue weighted by Gasteiger charge is 2.95. The zero-order chi connectivity index (χ0) is 22.3. The van der Waals surface area contributed by atoms with Crippen LogP contribution in [0.2, 0.25) is 0 Å². The Bertz CT molecular complexity index is 487. The highest BCUT2D eigenvalue weighted by molar-refractivity contribution is 5.15. The Hall–Kier alpha value is -1.09. The first-order valence-corrected chi connectivity index (χ1v) is 6.53. The lowest BCUT2D eigenvalue weighted by Crippen LogP contribution is -2.76. The van der Waals surface area contributed by atoms with Gasteiger partial charge in [-0.1, -0.05) is 13.3 Å². The van der Waals surface area contributed by atoms with Gasteiger partial charge in [-0.05, 0) is 6.42 Å². The van der Waals surface area contributed by atoms with Crippen LogP contribution in [0.5, 0.6) is 0 Å². The van der Waals surface area contributed by atoms with E-state index in [-0.39, 0.29) is 6.42 Å². The molecule has 0 aliphatic rings. The standard InChI is InChI=1S/C11H9F15O/c1-2-3-4-27-8(17,11(24,25)26)7(15,16)6(13,14)5(12,9(18,19)20)10(21,22)23/h2-4H2,1H3. The van der Waals surface area contributed by atoms with Crippen LogP contribution in [0.25, 0.3) is 0 Å². The average molecular weight is 442 g/mol. The van der Waals surface area contributed by atoms with Crippen LogP contribution in [-0.2, 0) is 4.74 Å². The van der Waals surface area contributed by atoms with Crippen molar-refractivity contribution in [3.8, 4) is 0 Å². The Labute approximate surface area is 140 Å². The Kier molecular flexibility index (Phi) is 6.78. The molecule has 0 rings (SSSR count). The van der Waals surface area contributed by atoms with E-state index in [0.29, 0.717) is 0 Å². The van der Waals surface area contributed by atoms with E-state index in [1.165, 1.54) is 0 Å². The first-order chi connectivity index (χ1) is 11.6. The van der Waals surface area contributed by atoms with Crippen molar-refractivity contribution in [2.75, 3.05) is 6.61 Å². The number of halogens is 15. The maximum atomic E-state index is 13.7. The summed E-state index contributed by atoms with van der Waals surface area (Å²) in [6.45, 7) is -0.612. The van der Waals surface area contributed by atoms with Crippen LogP contribution in [0.3, 0.4) is 0 Å². The van der Waals surface area contributed by atoms with E-state index in [9.17, 15) is 65.9 Å². The Morgan fingerprint density at radius 1 is 0.556 bits per heavy atom. The first-order valence-electron chi connectivity index (χ1n) is 6.53. The average Bonchev–Trinajstić information content (AvgIpc) is 2.42. The van der Waals surface area contributed by atoms with Gasteiger partial charge < -0.3 is 4.74 Å². The molecule has 164 valence electrons. The van der Waals surface area contributed by atoms with Crippen molar-refractivity contribution in [2.24, 2.45) is 0 Å². The Morgan fingerprint density at radius 2 is 0.926 bits per heavy atom. The number of hydrogen-bond donors (Lipinski definition) is 0. The third kappa shape index (κ3) is 3.77. The fraction of sp³-hybridized carbons (Fsp3) is 1.00. The zero-order valence-electron chi connectivity index (χ0n) is 12.7. The number of rotatable bonds is 7. The molecule has 0 aromatic carbocycles. The first kappa shape index (κ1) is 25.9. The summed E-state index contributed by atoms with van der Waals surface area (Å²) in [5, 5.41) is 0. The minimum atomic E-state index is -8.31. The van der Waals surface area contributed by atoms with Crippen LogP contribution < -0.4 is 0 Å². The summed E-state index contributed by atoms with van der Waals surface area (Å²) in [7, 11) is 0. The maximum Gasteiger partial charge on any atom is 0.455 e. The van der Waals surface area contributed by atoms with E-state index in [2.05, 4.69) is 4.74 Å². The second-order valence-corrected chi connectivity index (χ2v) is 5.10. The zero-order valence-corrected chi connectivity index (χ0v) is 12.7. The van der Waals surface area contributed by atoms with E-state index in [4.69, 9.17) is 0 Å². The fourth-order valence-corrected chi connectivity index (χ4v) is 1.64. The molecular weight excluding hydrogens is 433 g/mol. The second-order valence-electron chi connectivity index (χ2n) is 5.10. The van der Waals surface area contributed by atoms with Crippen LogP contribution in [0, 0.1) is 0 Å². The van der Waals surface area contributed by atoms with Crippen molar-refractivity contribution in [1.82, 2.24) is 0 Å². The molecule has 0 heterocycles. The minimum absolute atomic E-state index is 0.228. The molecule has 1 nitrogen and oxygen atoms in total. The molecule has 1 atom stereocenters.